The molecule has 0 unspecified atom stereocenters. The maximum atomic E-state index is 11.8. The first-order chi connectivity index (χ1) is 9.58. The summed E-state index contributed by atoms with van der Waals surface area (Å²) in [6, 6.07) is 9.42. The van der Waals surface area contributed by atoms with Crippen molar-refractivity contribution in [1.82, 2.24) is 14.7 Å². The summed E-state index contributed by atoms with van der Waals surface area (Å²) in [4.78, 5) is 14.2. The van der Waals surface area contributed by atoms with E-state index in [0.717, 1.165) is 4.90 Å². The van der Waals surface area contributed by atoms with E-state index in [-0.39, 0.29) is 5.91 Å². The van der Waals surface area contributed by atoms with Crippen LogP contribution in [0, 0.1) is 11.3 Å². The molecule has 0 spiro atoms. The topological polar surface area (TPSA) is 61.9 Å². The molecule has 0 saturated heterocycles. The van der Waals surface area contributed by atoms with Crippen LogP contribution in [-0.4, -0.2) is 40.9 Å². The molecule has 1 aromatic carbocycles. The Morgan fingerprint density at radius 1 is 1.40 bits per heavy atom. The number of rotatable bonds is 3. The molecular weight excluding hydrogens is 272 g/mol. The molecular formula is C14H14N4OS. The van der Waals surface area contributed by atoms with Crippen molar-refractivity contribution < 1.29 is 4.79 Å². The van der Waals surface area contributed by atoms with Crippen LogP contribution in [0.3, 0.4) is 0 Å². The Labute approximate surface area is 121 Å². The van der Waals surface area contributed by atoms with Crippen LogP contribution in [-0.2, 0) is 0 Å². The van der Waals surface area contributed by atoms with Gasteiger partial charge in [0.1, 0.15) is 6.07 Å². The maximum Gasteiger partial charge on any atom is 0.273 e. The Morgan fingerprint density at radius 2 is 2.15 bits per heavy atom. The molecule has 1 heterocycles. The van der Waals surface area contributed by atoms with Gasteiger partial charge in [-0.2, -0.15) is 10.4 Å². The number of amides is 1. The highest BCUT2D eigenvalue weighted by Crippen LogP contribution is 2.25. The van der Waals surface area contributed by atoms with Crippen molar-refractivity contribution in [2.24, 2.45) is 0 Å². The Morgan fingerprint density at radius 3 is 2.75 bits per heavy atom. The van der Waals surface area contributed by atoms with Crippen molar-refractivity contribution in [2.45, 2.75) is 4.90 Å². The van der Waals surface area contributed by atoms with Gasteiger partial charge >= 0.3 is 0 Å². The number of carbonyl (C=O) groups is 1. The van der Waals surface area contributed by atoms with E-state index in [0.29, 0.717) is 16.9 Å². The Kier molecular flexibility index (Phi) is 4.11. The van der Waals surface area contributed by atoms with Crippen LogP contribution in [0.4, 0.5) is 0 Å². The summed E-state index contributed by atoms with van der Waals surface area (Å²) in [6.45, 7) is 0. The number of nitrogens with zero attached hydrogens (tertiary/aromatic N) is 4. The number of benzene rings is 1. The largest absolute Gasteiger partial charge is 0.343 e. The number of hydrogen-bond acceptors (Lipinski definition) is 4. The first-order valence-electron chi connectivity index (χ1n) is 5.93. The second-order valence-electron chi connectivity index (χ2n) is 4.31. The fraction of sp³-hybridized carbons (Fsp3) is 0.214. The molecule has 0 fully saturated rings. The molecule has 5 nitrogen and oxygen atoms in total. The lowest BCUT2D eigenvalue weighted by molar-refractivity contribution is 0.0821. The number of hydrogen-bond donors (Lipinski definition) is 0. The third-order valence-corrected chi connectivity index (χ3v) is 3.58. The lowest BCUT2D eigenvalue weighted by Crippen LogP contribution is -2.22. The number of aromatic nitrogens is 2. The molecule has 0 aliphatic carbocycles. The summed E-state index contributed by atoms with van der Waals surface area (Å²) in [7, 11) is 3.35. The van der Waals surface area contributed by atoms with Gasteiger partial charge in [0.15, 0.2) is 5.69 Å². The highest BCUT2D eigenvalue weighted by molar-refractivity contribution is 7.98. The van der Waals surface area contributed by atoms with Crippen molar-refractivity contribution in [3.63, 3.8) is 0 Å². The lowest BCUT2D eigenvalue weighted by atomic mass is 10.2. The molecule has 0 atom stereocenters. The van der Waals surface area contributed by atoms with Crippen molar-refractivity contribution in [3.8, 4) is 11.8 Å². The lowest BCUT2D eigenvalue weighted by Gasteiger charge is -2.08. The van der Waals surface area contributed by atoms with Crippen LogP contribution in [0.25, 0.3) is 5.69 Å². The van der Waals surface area contributed by atoms with Gasteiger partial charge in [0.05, 0.1) is 11.3 Å². The summed E-state index contributed by atoms with van der Waals surface area (Å²) in [5.74, 6) is -0.164. The Bertz CT molecular complexity index is 685. The van der Waals surface area contributed by atoms with Crippen LogP contribution in [0.15, 0.2) is 35.4 Å². The monoisotopic (exact) mass is 286 g/mol. The highest BCUT2D eigenvalue weighted by atomic mass is 32.2. The van der Waals surface area contributed by atoms with Crippen LogP contribution < -0.4 is 0 Å². The molecule has 1 amide bonds. The summed E-state index contributed by atoms with van der Waals surface area (Å²) >= 11 is 1.51. The Hall–Kier alpha value is -2.26. The standard InChI is InChI=1S/C14H14N4OS/c1-17(2)14(19)11-7-8-18(16-11)12-5-4-6-13(20-3)10(12)9-15/h4-8H,1-3H3. The fourth-order valence-corrected chi connectivity index (χ4v) is 2.36. The second kappa shape index (κ2) is 5.80. The van der Waals surface area contributed by atoms with Crippen molar-refractivity contribution in [3.05, 3.63) is 41.7 Å². The molecule has 0 saturated carbocycles. The van der Waals surface area contributed by atoms with Crippen molar-refractivity contribution in [1.29, 1.82) is 5.26 Å². The second-order valence-corrected chi connectivity index (χ2v) is 5.16. The molecule has 1 aromatic heterocycles. The molecule has 0 aliphatic rings. The quantitative estimate of drug-likeness (QED) is 0.811. The molecule has 2 rings (SSSR count). The van der Waals surface area contributed by atoms with Gasteiger partial charge < -0.3 is 4.90 Å². The van der Waals surface area contributed by atoms with Gasteiger partial charge in [0.2, 0.25) is 0 Å². The molecule has 20 heavy (non-hydrogen) atoms. The van der Waals surface area contributed by atoms with E-state index in [4.69, 9.17) is 0 Å². The molecule has 6 heteroatoms. The van der Waals surface area contributed by atoms with E-state index in [1.54, 1.807) is 31.0 Å². The minimum absolute atomic E-state index is 0.164. The van der Waals surface area contributed by atoms with E-state index >= 15 is 0 Å². The molecule has 0 bridgehead atoms. The number of carbonyl (C=O) groups excluding carboxylic acids is 1. The van der Waals surface area contributed by atoms with Gasteiger partial charge in [-0.3, -0.25) is 4.79 Å². The predicted octanol–water partition coefficient (Wildman–Crippen LogP) is 2.17. The number of nitriles is 1. The van der Waals surface area contributed by atoms with Crippen LogP contribution in [0.5, 0.6) is 0 Å². The average Bonchev–Trinajstić information content (AvgIpc) is 2.94. The van der Waals surface area contributed by atoms with E-state index in [1.165, 1.54) is 16.7 Å². The zero-order chi connectivity index (χ0) is 14.7. The molecule has 0 N–H and O–H groups in total. The van der Waals surface area contributed by atoms with Crippen molar-refractivity contribution in [2.75, 3.05) is 20.4 Å². The molecule has 2 aromatic rings. The van der Waals surface area contributed by atoms with Gasteiger partial charge in [-0.1, -0.05) is 6.07 Å². The summed E-state index contributed by atoms with van der Waals surface area (Å²) in [5.41, 5.74) is 1.59. The molecule has 0 aliphatic heterocycles. The predicted molar refractivity (Wildman–Crippen MR) is 78.1 cm³/mol. The van der Waals surface area contributed by atoms with E-state index in [1.807, 2.05) is 24.5 Å². The SMILES string of the molecule is CSc1cccc(-n2ccc(C(=O)N(C)C)n2)c1C#N. The van der Waals surface area contributed by atoms with Crippen LogP contribution >= 0.6 is 11.8 Å². The normalized spacial score (nSPS) is 10.1. The van der Waals surface area contributed by atoms with Crippen LogP contribution in [0.1, 0.15) is 16.1 Å². The zero-order valence-corrected chi connectivity index (χ0v) is 12.3. The summed E-state index contributed by atoms with van der Waals surface area (Å²) < 4.78 is 1.56. The summed E-state index contributed by atoms with van der Waals surface area (Å²) in [6.07, 6.45) is 3.61. The minimum atomic E-state index is -0.164. The highest BCUT2D eigenvalue weighted by Gasteiger charge is 2.14. The maximum absolute atomic E-state index is 11.8. The van der Waals surface area contributed by atoms with E-state index in [9.17, 15) is 10.1 Å². The third-order valence-electron chi connectivity index (χ3n) is 2.80. The zero-order valence-electron chi connectivity index (χ0n) is 11.5. The average molecular weight is 286 g/mol. The molecule has 102 valence electrons. The van der Waals surface area contributed by atoms with E-state index < -0.39 is 0 Å². The van der Waals surface area contributed by atoms with Gasteiger partial charge in [-0.25, -0.2) is 4.68 Å². The fourth-order valence-electron chi connectivity index (χ4n) is 1.79. The first-order valence-corrected chi connectivity index (χ1v) is 7.15. The van der Waals surface area contributed by atoms with Gasteiger partial charge in [-0.05, 0) is 24.5 Å². The molecule has 0 radical (unpaired) electrons. The number of thioether (sulfide) groups is 1. The van der Waals surface area contributed by atoms with E-state index in [2.05, 4.69) is 11.2 Å². The summed E-state index contributed by atoms with van der Waals surface area (Å²) in [5, 5.41) is 13.6. The van der Waals surface area contributed by atoms with Gasteiger partial charge in [0, 0.05) is 25.2 Å². The van der Waals surface area contributed by atoms with Gasteiger partial charge in [-0.15, -0.1) is 11.8 Å². The van der Waals surface area contributed by atoms with Crippen LogP contribution in [0.2, 0.25) is 0 Å². The Balaban J connectivity index is 2.48. The minimum Gasteiger partial charge on any atom is -0.343 e. The van der Waals surface area contributed by atoms with Crippen molar-refractivity contribution >= 4 is 17.7 Å². The third kappa shape index (κ3) is 2.53. The van der Waals surface area contributed by atoms with Gasteiger partial charge in [0.25, 0.3) is 5.91 Å². The first kappa shape index (κ1) is 14.2. The smallest absolute Gasteiger partial charge is 0.273 e.